The zero-order valence-electron chi connectivity index (χ0n) is 18.8. The van der Waals surface area contributed by atoms with Gasteiger partial charge >= 0.3 is 0 Å². The highest BCUT2D eigenvalue weighted by Crippen LogP contribution is 2.23. The molecule has 0 unspecified atom stereocenters. The number of rotatable bonds is 7. The van der Waals surface area contributed by atoms with E-state index in [0.717, 1.165) is 23.4 Å². The van der Waals surface area contributed by atoms with Crippen molar-refractivity contribution in [3.8, 4) is 11.3 Å². The Labute approximate surface area is 202 Å². The van der Waals surface area contributed by atoms with Crippen LogP contribution >= 0.6 is 24.0 Å². The number of carbonyl (C=O) groups is 1. The smallest absolute Gasteiger partial charge is 0.241 e. The first-order chi connectivity index (χ1) is 14.5. The molecule has 8 heteroatoms. The standard InChI is InChI=1S/C23H34N6O.HI/c1-28(2)21(30)16-26-23(24-14-18-10-6-4-7-11-18)25-15-20-17-29(3)27-22(20)19-12-8-5-9-13-19;/h5,8-9,12-13,17-18H,4,6-7,10-11,14-16H2,1-3H3,(H2,24,25,26);1H. The van der Waals surface area contributed by atoms with Crippen molar-refractivity contribution in [3.05, 3.63) is 42.1 Å². The van der Waals surface area contributed by atoms with Crippen LogP contribution in [-0.2, 0) is 18.4 Å². The van der Waals surface area contributed by atoms with Crippen LogP contribution in [0, 0.1) is 5.92 Å². The maximum absolute atomic E-state index is 12.0. The highest BCUT2D eigenvalue weighted by molar-refractivity contribution is 14.0. The molecule has 1 aromatic heterocycles. The van der Waals surface area contributed by atoms with Gasteiger partial charge in [0.1, 0.15) is 0 Å². The average Bonchev–Trinajstić information content (AvgIpc) is 3.14. The van der Waals surface area contributed by atoms with Crippen molar-refractivity contribution in [2.45, 2.75) is 38.6 Å². The van der Waals surface area contributed by atoms with Crippen LogP contribution in [0.4, 0.5) is 0 Å². The van der Waals surface area contributed by atoms with Gasteiger partial charge in [0.25, 0.3) is 0 Å². The summed E-state index contributed by atoms with van der Waals surface area (Å²) in [6.07, 6.45) is 8.49. The Balaban J connectivity index is 0.00000341. The SMILES string of the molecule is CN(C)C(=O)CNC(=NCc1cn(C)nc1-c1ccccc1)NCC1CCCCC1.I. The van der Waals surface area contributed by atoms with E-state index in [1.54, 1.807) is 19.0 Å². The van der Waals surface area contributed by atoms with E-state index in [0.29, 0.717) is 18.4 Å². The van der Waals surface area contributed by atoms with Gasteiger partial charge in [0.15, 0.2) is 5.96 Å². The number of halogens is 1. The van der Waals surface area contributed by atoms with Gasteiger partial charge in [0.2, 0.25) is 5.91 Å². The molecule has 2 aromatic rings. The molecule has 0 bridgehead atoms. The second-order valence-electron chi connectivity index (χ2n) is 8.23. The van der Waals surface area contributed by atoms with E-state index in [-0.39, 0.29) is 36.4 Å². The zero-order chi connectivity index (χ0) is 21.3. The monoisotopic (exact) mass is 538 g/mol. The Morgan fingerprint density at radius 3 is 2.55 bits per heavy atom. The molecule has 31 heavy (non-hydrogen) atoms. The van der Waals surface area contributed by atoms with Gasteiger partial charge < -0.3 is 15.5 Å². The molecular weight excluding hydrogens is 503 g/mol. The fourth-order valence-electron chi connectivity index (χ4n) is 3.78. The second kappa shape index (κ2) is 12.7. The summed E-state index contributed by atoms with van der Waals surface area (Å²) in [5, 5.41) is 11.3. The van der Waals surface area contributed by atoms with E-state index in [9.17, 15) is 4.79 Å². The van der Waals surface area contributed by atoms with Crippen LogP contribution in [-0.4, -0.2) is 53.7 Å². The van der Waals surface area contributed by atoms with Crippen LogP contribution in [0.3, 0.4) is 0 Å². The van der Waals surface area contributed by atoms with Crippen LogP contribution in [0.1, 0.15) is 37.7 Å². The lowest BCUT2D eigenvalue weighted by Gasteiger charge is -2.23. The van der Waals surface area contributed by atoms with E-state index in [2.05, 4.69) is 27.9 Å². The lowest BCUT2D eigenvalue weighted by atomic mass is 9.89. The number of nitrogens with one attached hydrogen (secondary N) is 2. The number of guanidine groups is 1. The van der Waals surface area contributed by atoms with Crippen molar-refractivity contribution in [1.29, 1.82) is 0 Å². The quantitative estimate of drug-likeness (QED) is 0.322. The molecular formula is C23H35IN6O. The summed E-state index contributed by atoms with van der Waals surface area (Å²) < 4.78 is 1.82. The van der Waals surface area contributed by atoms with Gasteiger partial charge in [-0.2, -0.15) is 5.10 Å². The largest absolute Gasteiger partial charge is 0.356 e. The lowest BCUT2D eigenvalue weighted by Crippen LogP contribution is -2.44. The van der Waals surface area contributed by atoms with Crippen molar-refractivity contribution in [3.63, 3.8) is 0 Å². The van der Waals surface area contributed by atoms with E-state index in [1.165, 1.54) is 32.1 Å². The van der Waals surface area contributed by atoms with Gasteiger partial charge in [-0.25, -0.2) is 4.99 Å². The fraction of sp³-hybridized carbons (Fsp3) is 0.522. The summed E-state index contributed by atoms with van der Waals surface area (Å²) in [6.45, 7) is 1.61. The van der Waals surface area contributed by atoms with Crippen molar-refractivity contribution in [2.24, 2.45) is 18.0 Å². The Kier molecular flexibility index (Phi) is 10.3. The molecule has 0 radical (unpaired) electrons. The third kappa shape index (κ3) is 7.83. The molecule has 1 aliphatic rings. The van der Waals surface area contributed by atoms with Gasteiger partial charge in [-0.3, -0.25) is 9.48 Å². The van der Waals surface area contributed by atoms with Crippen LogP contribution in [0.15, 0.2) is 41.5 Å². The van der Waals surface area contributed by atoms with Crippen molar-refractivity contribution in [1.82, 2.24) is 25.3 Å². The van der Waals surface area contributed by atoms with Crippen LogP contribution in [0.2, 0.25) is 0 Å². The van der Waals surface area contributed by atoms with E-state index in [1.807, 2.05) is 36.1 Å². The first-order valence-electron chi connectivity index (χ1n) is 10.8. The number of aromatic nitrogens is 2. The number of carbonyl (C=O) groups excluding carboxylic acids is 1. The molecule has 0 atom stereocenters. The van der Waals surface area contributed by atoms with E-state index >= 15 is 0 Å². The number of aryl methyl sites for hydroxylation is 1. The Morgan fingerprint density at radius 1 is 1.16 bits per heavy atom. The van der Waals surface area contributed by atoms with Gasteiger partial charge in [0.05, 0.1) is 18.8 Å². The molecule has 0 saturated heterocycles. The Hall–Kier alpha value is -2.10. The molecule has 2 N–H and O–H groups in total. The second-order valence-corrected chi connectivity index (χ2v) is 8.23. The van der Waals surface area contributed by atoms with E-state index in [4.69, 9.17) is 4.99 Å². The summed E-state index contributed by atoms with van der Waals surface area (Å²) >= 11 is 0. The third-order valence-electron chi connectivity index (χ3n) is 5.55. The number of aliphatic imine (C=N–C) groups is 1. The summed E-state index contributed by atoms with van der Waals surface area (Å²) in [7, 11) is 5.45. The predicted molar refractivity (Wildman–Crippen MR) is 136 cm³/mol. The summed E-state index contributed by atoms with van der Waals surface area (Å²) in [5.41, 5.74) is 3.08. The van der Waals surface area contributed by atoms with Crippen LogP contribution in [0.25, 0.3) is 11.3 Å². The normalized spacial score (nSPS) is 14.6. The maximum atomic E-state index is 12.0. The highest BCUT2D eigenvalue weighted by Gasteiger charge is 2.15. The van der Waals surface area contributed by atoms with Crippen LogP contribution < -0.4 is 10.6 Å². The number of benzene rings is 1. The molecule has 1 aromatic carbocycles. The molecule has 170 valence electrons. The number of likely N-dealkylation sites (N-methyl/N-ethyl adjacent to an activating group) is 1. The first-order valence-corrected chi connectivity index (χ1v) is 10.8. The van der Waals surface area contributed by atoms with Crippen molar-refractivity contribution < 1.29 is 4.79 Å². The molecule has 7 nitrogen and oxygen atoms in total. The minimum atomic E-state index is 0. The molecule has 1 saturated carbocycles. The fourth-order valence-corrected chi connectivity index (χ4v) is 3.78. The van der Waals surface area contributed by atoms with Crippen molar-refractivity contribution in [2.75, 3.05) is 27.2 Å². The lowest BCUT2D eigenvalue weighted by molar-refractivity contribution is -0.127. The van der Waals surface area contributed by atoms with Gasteiger partial charge in [-0.1, -0.05) is 49.6 Å². The minimum Gasteiger partial charge on any atom is -0.356 e. The molecule has 0 aliphatic heterocycles. The zero-order valence-corrected chi connectivity index (χ0v) is 21.1. The first kappa shape index (κ1) is 25.2. The van der Waals surface area contributed by atoms with E-state index < -0.39 is 0 Å². The third-order valence-corrected chi connectivity index (χ3v) is 5.55. The highest BCUT2D eigenvalue weighted by atomic mass is 127. The van der Waals surface area contributed by atoms with Crippen molar-refractivity contribution >= 4 is 35.8 Å². The Morgan fingerprint density at radius 2 is 1.87 bits per heavy atom. The van der Waals surface area contributed by atoms with Crippen LogP contribution in [0.5, 0.6) is 0 Å². The molecule has 3 rings (SSSR count). The summed E-state index contributed by atoms with van der Waals surface area (Å²) in [6, 6.07) is 10.2. The molecule has 1 fully saturated rings. The number of hydrogen-bond acceptors (Lipinski definition) is 3. The number of hydrogen-bond donors (Lipinski definition) is 2. The molecule has 0 spiro atoms. The topological polar surface area (TPSA) is 74.5 Å². The van der Waals surface area contributed by atoms with Gasteiger partial charge in [-0.05, 0) is 18.8 Å². The van der Waals surface area contributed by atoms with Gasteiger partial charge in [0, 0.05) is 45.0 Å². The number of amides is 1. The number of nitrogens with zero attached hydrogens (tertiary/aromatic N) is 4. The Bertz CT molecular complexity index is 843. The predicted octanol–water partition coefficient (Wildman–Crippen LogP) is 3.41. The molecule has 1 heterocycles. The summed E-state index contributed by atoms with van der Waals surface area (Å²) in [5.74, 6) is 1.38. The summed E-state index contributed by atoms with van der Waals surface area (Å²) in [4.78, 5) is 18.4. The minimum absolute atomic E-state index is 0. The van der Waals surface area contributed by atoms with Gasteiger partial charge in [-0.15, -0.1) is 24.0 Å². The maximum Gasteiger partial charge on any atom is 0.241 e. The average molecular weight is 538 g/mol. The molecule has 1 aliphatic carbocycles. The molecule has 1 amide bonds.